The summed E-state index contributed by atoms with van der Waals surface area (Å²) >= 11 is 6.39. The van der Waals surface area contributed by atoms with E-state index in [1.807, 2.05) is 6.92 Å². The van der Waals surface area contributed by atoms with Crippen LogP contribution in [0.15, 0.2) is 24.4 Å². The standard InChI is InChI=1S/C22H24ClF3N6O3/c1-11-13(10-28-31(11)2)9-27-21(33)19-18(23)20-29-14(8-17(22(24,25)26)32(20)30-19)12-5-6-15(34-3)16(7-12)35-4/h5-7,10,14,17,29H,8-9H2,1-4H3,(H,27,33)/t14-,17-/m0/s1. The number of carbonyl (C=O) groups excluding carboxylic acids is 1. The highest BCUT2D eigenvalue weighted by Crippen LogP contribution is 2.47. The van der Waals surface area contributed by atoms with E-state index < -0.39 is 24.2 Å². The second kappa shape index (κ2) is 9.33. The molecule has 9 nitrogen and oxygen atoms in total. The molecule has 0 saturated heterocycles. The summed E-state index contributed by atoms with van der Waals surface area (Å²) in [5.41, 5.74) is 1.86. The van der Waals surface area contributed by atoms with E-state index in [0.29, 0.717) is 17.1 Å². The van der Waals surface area contributed by atoms with Gasteiger partial charge in [0.05, 0.1) is 26.5 Å². The molecule has 2 atom stereocenters. The zero-order valence-electron chi connectivity index (χ0n) is 19.4. The number of hydrogen-bond donors (Lipinski definition) is 2. The van der Waals surface area contributed by atoms with Crippen molar-refractivity contribution in [3.05, 3.63) is 51.9 Å². The van der Waals surface area contributed by atoms with Crippen molar-refractivity contribution in [2.45, 2.75) is 38.1 Å². The summed E-state index contributed by atoms with van der Waals surface area (Å²) in [5, 5.41) is 13.5. The number of rotatable bonds is 6. The van der Waals surface area contributed by atoms with E-state index in [0.717, 1.165) is 15.9 Å². The van der Waals surface area contributed by atoms with Gasteiger partial charge < -0.3 is 20.1 Å². The minimum absolute atomic E-state index is 0.0808. The number of benzene rings is 1. The highest BCUT2D eigenvalue weighted by atomic mass is 35.5. The number of amides is 1. The van der Waals surface area contributed by atoms with E-state index in [9.17, 15) is 18.0 Å². The normalized spacial score (nSPS) is 17.5. The fourth-order valence-electron chi connectivity index (χ4n) is 4.00. The maximum absolute atomic E-state index is 14.0. The zero-order valence-corrected chi connectivity index (χ0v) is 20.2. The molecule has 188 valence electrons. The van der Waals surface area contributed by atoms with Crippen LogP contribution in [0.25, 0.3) is 0 Å². The molecule has 3 aromatic rings. The second-order valence-corrected chi connectivity index (χ2v) is 8.50. The molecule has 1 aromatic carbocycles. The van der Waals surface area contributed by atoms with Gasteiger partial charge in [-0.3, -0.25) is 9.48 Å². The first kappa shape index (κ1) is 24.7. The summed E-state index contributed by atoms with van der Waals surface area (Å²) < 4.78 is 55.0. The molecule has 2 N–H and O–H groups in total. The van der Waals surface area contributed by atoms with Crippen LogP contribution in [-0.4, -0.2) is 45.9 Å². The van der Waals surface area contributed by atoms with Gasteiger partial charge in [0.15, 0.2) is 23.2 Å². The molecule has 0 bridgehead atoms. The van der Waals surface area contributed by atoms with Crippen LogP contribution < -0.4 is 20.1 Å². The third kappa shape index (κ3) is 4.62. The van der Waals surface area contributed by atoms with Gasteiger partial charge in [-0.1, -0.05) is 17.7 Å². The number of methoxy groups -OCH3 is 2. The van der Waals surface area contributed by atoms with Crippen LogP contribution >= 0.6 is 11.6 Å². The molecule has 1 amide bonds. The summed E-state index contributed by atoms with van der Waals surface area (Å²) in [5.74, 6) is 0.0601. The molecule has 0 fully saturated rings. The van der Waals surface area contributed by atoms with Gasteiger partial charge in [0, 0.05) is 31.3 Å². The van der Waals surface area contributed by atoms with Crippen molar-refractivity contribution in [2.24, 2.45) is 7.05 Å². The molecule has 2 aromatic heterocycles. The molecule has 0 unspecified atom stereocenters. The van der Waals surface area contributed by atoms with E-state index in [1.165, 1.54) is 14.2 Å². The average Bonchev–Trinajstić information content (AvgIpc) is 3.34. The van der Waals surface area contributed by atoms with Gasteiger partial charge in [0.25, 0.3) is 5.91 Å². The largest absolute Gasteiger partial charge is 0.493 e. The maximum atomic E-state index is 14.0. The maximum Gasteiger partial charge on any atom is 0.410 e. The Morgan fingerprint density at radius 1 is 1.29 bits per heavy atom. The first-order chi connectivity index (χ1) is 16.5. The molecule has 0 saturated carbocycles. The summed E-state index contributed by atoms with van der Waals surface area (Å²) in [6, 6.07) is 2.11. The number of hydrogen-bond acceptors (Lipinski definition) is 6. The monoisotopic (exact) mass is 512 g/mol. The Morgan fingerprint density at radius 3 is 2.60 bits per heavy atom. The fraction of sp³-hybridized carbons (Fsp3) is 0.409. The van der Waals surface area contributed by atoms with Gasteiger partial charge in [-0.15, -0.1) is 0 Å². The number of alkyl halides is 3. The fourth-order valence-corrected chi connectivity index (χ4v) is 4.26. The van der Waals surface area contributed by atoms with Crippen LogP contribution in [0.1, 0.15) is 45.8 Å². The highest BCUT2D eigenvalue weighted by Gasteiger charge is 2.48. The molecule has 35 heavy (non-hydrogen) atoms. The number of nitrogens with zero attached hydrogens (tertiary/aromatic N) is 4. The topological polar surface area (TPSA) is 95.2 Å². The summed E-state index contributed by atoms with van der Waals surface area (Å²) in [6.45, 7) is 1.96. The minimum Gasteiger partial charge on any atom is -0.493 e. The van der Waals surface area contributed by atoms with E-state index >= 15 is 0 Å². The van der Waals surface area contributed by atoms with Gasteiger partial charge in [0.1, 0.15) is 10.8 Å². The SMILES string of the molecule is COc1ccc([C@@H]2C[C@@H](C(F)(F)F)n3nc(C(=O)NCc4cnn(C)c4C)c(Cl)c3N2)cc1OC. The number of anilines is 1. The first-order valence-electron chi connectivity index (χ1n) is 10.6. The third-order valence-electron chi connectivity index (χ3n) is 6.10. The lowest BCUT2D eigenvalue weighted by Crippen LogP contribution is -2.36. The Balaban J connectivity index is 1.65. The molecule has 13 heteroatoms. The smallest absolute Gasteiger partial charge is 0.410 e. The lowest BCUT2D eigenvalue weighted by molar-refractivity contribution is -0.173. The summed E-state index contributed by atoms with van der Waals surface area (Å²) in [6.07, 6.45) is -3.38. The van der Waals surface area contributed by atoms with Crippen molar-refractivity contribution < 1.29 is 27.4 Å². The number of ether oxygens (including phenoxy) is 2. The van der Waals surface area contributed by atoms with Gasteiger partial charge >= 0.3 is 6.18 Å². The van der Waals surface area contributed by atoms with E-state index in [4.69, 9.17) is 21.1 Å². The minimum atomic E-state index is -4.62. The molecule has 4 rings (SSSR count). The Bertz CT molecular complexity index is 1260. The molecule has 1 aliphatic heterocycles. The molecule has 0 spiro atoms. The molecular weight excluding hydrogens is 489 g/mol. The lowest BCUT2D eigenvalue weighted by Gasteiger charge is -2.33. The van der Waals surface area contributed by atoms with Crippen LogP contribution in [0.5, 0.6) is 11.5 Å². The number of aryl methyl sites for hydroxylation is 1. The van der Waals surface area contributed by atoms with Crippen molar-refractivity contribution in [1.82, 2.24) is 24.9 Å². The van der Waals surface area contributed by atoms with Gasteiger partial charge in [-0.05, 0) is 24.6 Å². The van der Waals surface area contributed by atoms with Crippen LogP contribution in [0.2, 0.25) is 5.02 Å². The van der Waals surface area contributed by atoms with E-state index in [-0.39, 0.29) is 29.5 Å². The lowest BCUT2D eigenvalue weighted by atomic mass is 9.96. The Labute approximate surface area is 204 Å². The average molecular weight is 513 g/mol. The van der Waals surface area contributed by atoms with Crippen LogP contribution in [-0.2, 0) is 13.6 Å². The molecule has 1 aliphatic rings. The van der Waals surface area contributed by atoms with Crippen LogP contribution in [0, 0.1) is 6.92 Å². The zero-order chi connectivity index (χ0) is 25.5. The van der Waals surface area contributed by atoms with Crippen molar-refractivity contribution >= 4 is 23.3 Å². The third-order valence-corrected chi connectivity index (χ3v) is 6.45. The molecule has 3 heterocycles. The Morgan fingerprint density at radius 2 is 2.00 bits per heavy atom. The van der Waals surface area contributed by atoms with Gasteiger partial charge in [-0.25, -0.2) is 4.68 Å². The predicted molar refractivity (Wildman–Crippen MR) is 122 cm³/mol. The number of carbonyl (C=O) groups is 1. The van der Waals surface area contributed by atoms with Crippen molar-refractivity contribution in [1.29, 1.82) is 0 Å². The Kier molecular flexibility index (Phi) is 6.58. The molecule has 0 aliphatic carbocycles. The number of halogens is 4. The van der Waals surface area contributed by atoms with Gasteiger partial charge in [-0.2, -0.15) is 23.4 Å². The summed E-state index contributed by atoms with van der Waals surface area (Å²) in [7, 11) is 4.67. The van der Waals surface area contributed by atoms with Crippen molar-refractivity contribution in [3.8, 4) is 11.5 Å². The molecule has 0 radical (unpaired) electrons. The van der Waals surface area contributed by atoms with Crippen molar-refractivity contribution in [2.75, 3.05) is 19.5 Å². The number of fused-ring (bicyclic) bond motifs is 1. The summed E-state index contributed by atoms with van der Waals surface area (Å²) in [4.78, 5) is 12.8. The van der Waals surface area contributed by atoms with Crippen molar-refractivity contribution in [3.63, 3.8) is 0 Å². The number of nitrogens with one attached hydrogen (secondary N) is 2. The van der Waals surface area contributed by atoms with Gasteiger partial charge in [0.2, 0.25) is 0 Å². The second-order valence-electron chi connectivity index (χ2n) is 8.12. The van der Waals surface area contributed by atoms with E-state index in [2.05, 4.69) is 20.8 Å². The van der Waals surface area contributed by atoms with Crippen LogP contribution in [0.4, 0.5) is 19.0 Å². The van der Waals surface area contributed by atoms with Crippen LogP contribution in [0.3, 0.4) is 0 Å². The first-order valence-corrected chi connectivity index (χ1v) is 11.0. The Hall–Kier alpha value is -3.41. The number of aromatic nitrogens is 4. The predicted octanol–water partition coefficient (Wildman–Crippen LogP) is 4.19. The quantitative estimate of drug-likeness (QED) is 0.514. The highest BCUT2D eigenvalue weighted by molar-refractivity contribution is 6.36. The molecular formula is C22H24ClF3N6O3. The van der Waals surface area contributed by atoms with E-state index in [1.54, 1.807) is 36.1 Å².